The molecule has 1 unspecified atom stereocenters. The minimum atomic E-state index is -2.15. The molecule has 4 saturated carbocycles. The van der Waals surface area contributed by atoms with Crippen LogP contribution in [0.1, 0.15) is 121 Å². The molecule has 0 amide bonds. The Morgan fingerprint density at radius 2 is 1.32 bits per heavy atom. The van der Waals surface area contributed by atoms with Gasteiger partial charge in [-0.1, -0.05) is 80.0 Å². The Morgan fingerprint density at radius 3 is 1.88 bits per heavy atom. The summed E-state index contributed by atoms with van der Waals surface area (Å²) in [5.74, 6) is -4.82. The van der Waals surface area contributed by atoms with E-state index in [4.69, 9.17) is 37.9 Å². The van der Waals surface area contributed by atoms with Crippen LogP contribution in [0.2, 0.25) is 0 Å². The molecule has 0 aromatic rings. The number of ether oxygens (including phenoxy) is 8. The Labute approximate surface area is 473 Å². The van der Waals surface area contributed by atoms with Crippen LogP contribution in [0.25, 0.3) is 0 Å². The topological polar surface area (TPSA) is 368 Å². The first-order valence-corrected chi connectivity index (χ1v) is 29.0. The molecule has 23 nitrogen and oxygen atoms in total. The molecule has 8 aliphatic rings. The lowest BCUT2D eigenvalue weighted by Gasteiger charge is -2.74. The maximum atomic E-state index is 14.0. The molecule has 3 heterocycles. The highest BCUT2D eigenvalue weighted by atomic mass is 16.8. The van der Waals surface area contributed by atoms with Crippen molar-refractivity contribution in [2.45, 2.75) is 232 Å². The zero-order valence-electron chi connectivity index (χ0n) is 48.6. The second kappa shape index (κ2) is 23.5. The van der Waals surface area contributed by atoms with Gasteiger partial charge in [0, 0.05) is 16.4 Å². The Hall–Kier alpha value is -2.79. The summed E-state index contributed by atoms with van der Waals surface area (Å²) in [4.78, 5) is 40.6. The lowest BCUT2D eigenvalue weighted by Crippen LogP contribution is -2.75. The first-order chi connectivity index (χ1) is 37.9. The van der Waals surface area contributed by atoms with Gasteiger partial charge in [0.25, 0.3) is 0 Å². The summed E-state index contributed by atoms with van der Waals surface area (Å²) in [6.07, 6.45) is -23.2. The Bertz CT molecular complexity index is 2350. The Kier molecular flexibility index (Phi) is 18.6. The molecule has 5 aliphatic carbocycles. The van der Waals surface area contributed by atoms with Gasteiger partial charge in [0.1, 0.15) is 73.2 Å². The number of esters is 2. The number of carbonyl (C=O) groups excluding carboxylic acids is 2. The summed E-state index contributed by atoms with van der Waals surface area (Å²) in [6.45, 7) is 18.8. The average Bonchev–Trinajstić information content (AvgIpc) is 3.75. The highest BCUT2D eigenvalue weighted by Gasteiger charge is 2.76. The number of allylic oxidation sites excluding steroid dienone is 3. The predicted octanol–water partition coefficient (Wildman–Crippen LogP) is 0.590. The fourth-order valence-corrected chi connectivity index (χ4v) is 16.8. The molecular weight excluding hydrogens is 1060 g/mol. The second-order valence-corrected chi connectivity index (χ2v) is 26.6. The van der Waals surface area contributed by atoms with Crippen molar-refractivity contribution in [1.29, 1.82) is 0 Å². The lowest BCUT2D eigenvalue weighted by atomic mass is 9.31. The van der Waals surface area contributed by atoms with E-state index < -0.39 is 205 Å². The van der Waals surface area contributed by atoms with Gasteiger partial charge in [0.15, 0.2) is 25.0 Å². The predicted molar refractivity (Wildman–Crippen MR) is 281 cm³/mol. The molecule has 23 heteroatoms. The number of aliphatic carboxylic acids is 1. The number of aliphatic hydroxyl groups is 11. The van der Waals surface area contributed by atoms with E-state index in [1.54, 1.807) is 26.8 Å². The molecule has 0 aromatic heterocycles. The van der Waals surface area contributed by atoms with Crippen molar-refractivity contribution in [3.05, 3.63) is 23.3 Å². The van der Waals surface area contributed by atoms with Gasteiger partial charge >= 0.3 is 17.9 Å². The minimum Gasteiger partial charge on any atom is -0.479 e. The number of fused-ring (bicyclic) bond motifs is 7. The third-order valence-corrected chi connectivity index (χ3v) is 22.3. The van der Waals surface area contributed by atoms with Crippen LogP contribution in [0.5, 0.6) is 0 Å². The van der Waals surface area contributed by atoms with Crippen LogP contribution in [-0.2, 0) is 52.3 Å². The molecule has 0 aromatic carbocycles. The zero-order chi connectivity index (χ0) is 60.0. The van der Waals surface area contributed by atoms with Crippen molar-refractivity contribution in [1.82, 2.24) is 0 Å². The van der Waals surface area contributed by atoms with Gasteiger partial charge in [-0.2, -0.15) is 0 Å². The van der Waals surface area contributed by atoms with E-state index >= 15 is 0 Å². The zero-order valence-corrected chi connectivity index (χ0v) is 48.6. The molecule has 8 rings (SSSR count). The molecular formula is C58H92O23. The molecule has 462 valence electrons. The monoisotopic (exact) mass is 1160 g/mol. The summed E-state index contributed by atoms with van der Waals surface area (Å²) in [5, 5.41) is 133. The van der Waals surface area contributed by atoms with Crippen LogP contribution >= 0.6 is 0 Å². The number of aliphatic hydroxyl groups excluding tert-OH is 11. The van der Waals surface area contributed by atoms with Crippen molar-refractivity contribution in [3.63, 3.8) is 0 Å². The van der Waals surface area contributed by atoms with Crippen molar-refractivity contribution in [2.24, 2.45) is 62.1 Å². The van der Waals surface area contributed by atoms with E-state index in [9.17, 15) is 75.7 Å². The van der Waals surface area contributed by atoms with Gasteiger partial charge in [0.2, 0.25) is 0 Å². The summed E-state index contributed by atoms with van der Waals surface area (Å²) >= 11 is 0. The molecule has 81 heavy (non-hydrogen) atoms. The number of hydrogen-bond donors (Lipinski definition) is 12. The van der Waals surface area contributed by atoms with Gasteiger partial charge in [-0.25, -0.2) is 9.59 Å². The highest BCUT2D eigenvalue weighted by molar-refractivity contribution is 5.87. The smallest absolute Gasteiger partial charge is 0.335 e. The largest absolute Gasteiger partial charge is 0.479 e. The van der Waals surface area contributed by atoms with Crippen molar-refractivity contribution < 1.29 is 114 Å². The van der Waals surface area contributed by atoms with Crippen LogP contribution in [0.15, 0.2) is 23.3 Å². The van der Waals surface area contributed by atoms with E-state index in [0.717, 1.165) is 5.57 Å². The van der Waals surface area contributed by atoms with Crippen LogP contribution in [0, 0.1) is 62.1 Å². The van der Waals surface area contributed by atoms with Gasteiger partial charge < -0.3 is 99.2 Å². The van der Waals surface area contributed by atoms with Crippen LogP contribution in [0.4, 0.5) is 0 Å². The van der Waals surface area contributed by atoms with Crippen LogP contribution in [-0.4, -0.2) is 216 Å². The first-order valence-electron chi connectivity index (χ1n) is 29.0. The lowest BCUT2D eigenvalue weighted by molar-refractivity contribution is -0.387. The minimum absolute atomic E-state index is 0.0952. The quantitative estimate of drug-likeness (QED) is 0.0435. The third kappa shape index (κ3) is 10.1. The second-order valence-electron chi connectivity index (χ2n) is 26.6. The van der Waals surface area contributed by atoms with E-state index in [0.29, 0.717) is 44.1 Å². The molecule has 0 spiro atoms. The first kappa shape index (κ1) is 64.2. The molecule has 12 N–H and O–H groups in total. The third-order valence-electron chi connectivity index (χ3n) is 22.3. The SMILES string of the molecule is C/C=C(/C)C(=O)O[C@H]1[C@H](OC(=O)C(C)CC)[C@]2(CO)[C@H](O)[C@H](C)[C@]3(C)C(=CC[C@@H]4[C@@]5(C)CC[C@H](O[C@@H]6O[C@H](C(=O)O)[C@@H](O)[C@H](O[C@@H]7O[C@@H](CO)[C@H](O)[C@H]7O)[C@H]6O[C@@H]6O[C@H](CO)[C@@H](O)[C@H](O)[C@H]6O)[C@](C)(CO)[C@@H]5CC[C@]43C)[C@@H]2CC1(C)C. The number of carbonyl (C=O) groups is 3. The fraction of sp³-hybridized carbons (Fsp3) is 0.879. The molecule has 0 bridgehead atoms. The summed E-state index contributed by atoms with van der Waals surface area (Å²) < 4.78 is 49.2. The van der Waals surface area contributed by atoms with E-state index in [-0.39, 0.29) is 18.3 Å². The fourth-order valence-electron chi connectivity index (χ4n) is 16.8. The van der Waals surface area contributed by atoms with Gasteiger partial charge in [-0.3, -0.25) is 4.79 Å². The van der Waals surface area contributed by atoms with Crippen LogP contribution < -0.4 is 0 Å². The van der Waals surface area contributed by atoms with Crippen molar-refractivity contribution in [3.8, 4) is 0 Å². The number of hydrogen-bond acceptors (Lipinski definition) is 22. The summed E-state index contributed by atoms with van der Waals surface area (Å²) in [6, 6.07) is 0. The van der Waals surface area contributed by atoms with E-state index in [1.165, 1.54) is 0 Å². The molecule has 7 fully saturated rings. The van der Waals surface area contributed by atoms with Crippen molar-refractivity contribution in [2.75, 3.05) is 26.4 Å². The number of carboxylic acid groups (broad SMARTS) is 1. The summed E-state index contributed by atoms with van der Waals surface area (Å²) in [7, 11) is 0. The average molecular weight is 1160 g/mol. The Balaban J connectivity index is 1.15. The number of carboxylic acids is 1. The number of rotatable bonds is 16. The van der Waals surface area contributed by atoms with E-state index in [2.05, 4.69) is 26.8 Å². The molecule has 28 atom stereocenters. The van der Waals surface area contributed by atoms with Crippen LogP contribution in [0.3, 0.4) is 0 Å². The molecule has 3 saturated heterocycles. The normalized spacial score (nSPS) is 50.0. The maximum Gasteiger partial charge on any atom is 0.335 e. The molecule has 0 radical (unpaired) electrons. The summed E-state index contributed by atoms with van der Waals surface area (Å²) in [5.41, 5.74) is -3.89. The van der Waals surface area contributed by atoms with Gasteiger partial charge in [0.05, 0.1) is 50.0 Å². The maximum absolute atomic E-state index is 14.0. The van der Waals surface area contributed by atoms with Crippen molar-refractivity contribution >= 4 is 17.9 Å². The Morgan fingerprint density at radius 1 is 0.728 bits per heavy atom. The van der Waals surface area contributed by atoms with Gasteiger partial charge in [-0.05, 0) is 98.7 Å². The van der Waals surface area contributed by atoms with Gasteiger partial charge in [-0.15, -0.1) is 0 Å². The highest BCUT2D eigenvalue weighted by Crippen LogP contribution is 2.77. The van der Waals surface area contributed by atoms with E-state index in [1.807, 2.05) is 34.6 Å². The standard InChI is InChI=1S/C58H92O23/c1-12-25(3)48(72)80-45-46(81-49(73)26(4)13-2)58(24-62)29(20-53(45,6)7)28-14-15-33-54(8)18-17-34(55(9,23-61)32(54)16-19-56(33,10)57(28,11)27(5)44(58)69)76-52-43(79-51-39(67)37(65)35(63)30(21-59)74-51)41(40(68)42(78-52)47(70)71)77-50-38(66)36(64)31(22-60)75-50/h12,14,26-27,29-46,50-52,59-69H,13,15-24H2,1-11H3,(H,70,71)/b25-12-/t26?,27-,29-,30+,31-,32+,33+,34-,35+,36-,37-,38+,39+,40-,41-,42-,43+,44+,45-,46-,50-,51-,52+,54-,55+,56+,57+,58-/m0/s1. The molecule has 3 aliphatic heterocycles.